The highest BCUT2D eigenvalue weighted by Crippen LogP contribution is 2.25. The van der Waals surface area contributed by atoms with E-state index in [2.05, 4.69) is 75.8 Å². The fourth-order valence-corrected chi connectivity index (χ4v) is 9.85. The van der Waals surface area contributed by atoms with Crippen LogP contribution >= 0.6 is 0 Å². The molecule has 4 nitrogen and oxygen atoms in total. The molecular weight excluding hydrogens is 312 g/mol. The molecule has 0 aromatic carbocycles. The maximum Gasteiger partial charge on any atom is 0.337 e. The summed E-state index contributed by atoms with van der Waals surface area (Å²) in [4.78, 5) is 0. The molecule has 6 heteroatoms. The molecule has 0 bridgehead atoms. The van der Waals surface area contributed by atoms with Crippen molar-refractivity contribution in [3.8, 4) is 0 Å². The van der Waals surface area contributed by atoms with Gasteiger partial charge in [-0.2, -0.15) is 0 Å². The van der Waals surface area contributed by atoms with Gasteiger partial charge in [-0.25, -0.2) is 0 Å². The van der Waals surface area contributed by atoms with Gasteiger partial charge in [0.15, 0.2) is 0 Å². The minimum absolute atomic E-state index is 0.148. The third kappa shape index (κ3) is 11.8. The lowest BCUT2D eigenvalue weighted by Gasteiger charge is -2.37. The molecule has 0 saturated carbocycles. The van der Waals surface area contributed by atoms with Crippen LogP contribution in [0.25, 0.3) is 0 Å². The third-order valence-electron chi connectivity index (χ3n) is 2.48. The van der Waals surface area contributed by atoms with Crippen LogP contribution in [0, 0.1) is 0 Å². The first-order valence-corrected chi connectivity index (χ1v) is 12.6. The monoisotopic (exact) mass is 350 g/mol. The van der Waals surface area contributed by atoms with E-state index < -0.39 is 17.8 Å². The largest absolute Gasteiger partial charge is 0.392 e. The molecule has 0 spiro atoms. The first-order valence-electron chi connectivity index (χ1n) is 8.33. The van der Waals surface area contributed by atoms with Gasteiger partial charge in [-0.1, -0.05) is 0 Å². The zero-order valence-electron chi connectivity index (χ0n) is 16.6. The molecule has 134 valence electrons. The van der Waals surface area contributed by atoms with Crippen molar-refractivity contribution in [2.75, 3.05) is 0 Å². The second kappa shape index (κ2) is 8.39. The first kappa shape index (κ1) is 22.3. The van der Waals surface area contributed by atoms with Gasteiger partial charge in [0.1, 0.15) is 0 Å². The minimum Gasteiger partial charge on any atom is -0.392 e. The minimum atomic E-state index is -2.33. The summed E-state index contributed by atoms with van der Waals surface area (Å²) < 4.78 is 24.9. The van der Waals surface area contributed by atoms with E-state index in [-0.39, 0.29) is 23.4 Å². The number of hydrogen-bond acceptors (Lipinski definition) is 4. The van der Waals surface area contributed by atoms with Crippen LogP contribution in [0.4, 0.5) is 0 Å². The first-order chi connectivity index (χ1) is 9.62. The maximum atomic E-state index is 6.26. The average molecular weight is 351 g/mol. The van der Waals surface area contributed by atoms with Gasteiger partial charge in [0, 0.05) is 29.1 Å². The molecule has 0 amide bonds. The van der Waals surface area contributed by atoms with Crippen molar-refractivity contribution in [3.63, 3.8) is 0 Å². The molecule has 0 unspecified atom stereocenters. The van der Waals surface area contributed by atoms with E-state index in [0.717, 1.165) is 5.67 Å². The lowest BCUT2D eigenvalue weighted by Crippen LogP contribution is -2.50. The summed E-state index contributed by atoms with van der Waals surface area (Å²) in [6.45, 7) is 22.8. The van der Waals surface area contributed by atoms with Crippen LogP contribution in [0.15, 0.2) is 0 Å². The lowest BCUT2D eigenvalue weighted by molar-refractivity contribution is 0.0327. The Morgan fingerprint density at radius 3 is 1.32 bits per heavy atom. The van der Waals surface area contributed by atoms with Crippen molar-refractivity contribution >= 4 is 17.8 Å². The van der Waals surface area contributed by atoms with Crippen LogP contribution in [-0.4, -0.2) is 41.3 Å². The van der Waals surface area contributed by atoms with Gasteiger partial charge in [0.25, 0.3) is 0 Å². The van der Waals surface area contributed by atoms with E-state index in [1.807, 2.05) is 0 Å². The Morgan fingerprint density at radius 1 is 0.773 bits per heavy atom. The maximum absolute atomic E-state index is 6.26. The van der Waals surface area contributed by atoms with Crippen molar-refractivity contribution in [1.29, 1.82) is 0 Å². The van der Waals surface area contributed by atoms with Gasteiger partial charge in [0.2, 0.25) is 0 Å². The van der Waals surface area contributed by atoms with Crippen molar-refractivity contribution in [1.82, 2.24) is 0 Å². The third-order valence-corrected chi connectivity index (χ3v) is 10.7. The second-order valence-electron chi connectivity index (χ2n) is 8.56. The molecule has 0 heterocycles. The Hall–Kier alpha value is 0.274. The van der Waals surface area contributed by atoms with Crippen LogP contribution in [0.1, 0.15) is 69.2 Å². The SMILES string of the molecule is CC(C)O[Si](C)(C[SiH](OC(C)(C)C)OC(C)(C)C)OC(C)C. The fraction of sp³-hybridized carbons (Fsp3) is 1.00. The van der Waals surface area contributed by atoms with E-state index in [9.17, 15) is 0 Å². The van der Waals surface area contributed by atoms with Gasteiger partial charge in [-0.05, 0) is 75.8 Å². The van der Waals surface area contributed by atoms with Gasteiger partial charge in [-0.3, -0.25) is 0 Å². The number of rotatable bonds is 8. The molecule has 0 rings (SSSR count). The zero-order valence-corrected chi connectivity index (χ0v) is 18.7. The smallest absolute Gasteiger partial charge is 0.337 e. The van der Waals surface area contributed by atoms with Crippen LogP contribution < -0.4 is 0 Å². The van der Waals surface area contributed by atoms with Crippen LogP contribution in [-0.2, 0) is 17.7 Å². The Kier molecular flexibility index (Phi) is 8.50. The van der Waals surface area contributed by atoms with Crippen molar-refractivity contribution in [2.24, 2.45) is 0 Å². The molecular formula is C16H38O4Si2. The summed E-state index contributed by atoms with van der Waals surface area (Å²) in [6, 6.07) is 0. The highest BCUT2D eigenvalue weighted by Gasteiger charge is 2.41. The molecule has 0 aliphatic rings. The Bertz CT molecular complexity index is 293. The Balaban J connectivity index is 5.16. The normalized spacial score (nSPS) is 14.5. The molecule has 0 fully saturated rings. The highest BCUT2D eigenvalue weighted by atomic mass is 28.4. The Morgan fingerprint density at radius 2 is 1.09 bits per heavy atom. The summed E-state index contributed by atoms with van der Waals surface area (Å²) in [5.41, 5.74) is 0.359. The van der Waals surface area contributed by atoms with Gasteiger partial charge in [0.05, 0.1) is 0 Å². The van der Waals surface area contributed by atoms with Crippen molar-refractivity contribution < 1.29 is 17.7 Å². The van der Waals surface area contributed by atoms with E-state index in [1.165, 1.54) is 0 Å². The summed E-state index contributed by atoms with van der Waals surface area (Å²) in [5, 5.41) is 0. The van der Waals surface area contributed by atoms with Crippen molar-refractivity contribution in [3.05, 3.63) is 0 Å². The fourth-order valence-electron chi connectivity index (χ4n) is 2.32. The Labute approximate surface area is 141 Å². The van der Waals surface area contributed by atoms with Crippen LogP contribution in [0.3, 0.4) is 0 Å². The predicted molar refractivity (Wildman–Crippen MR) is 97.7 cm³/mol. The van der Waals surface area contributed by atoms with Gasteiger partial charge >= 0.3 is 17.8 Å². The predicted octanol–water partition coefficient (Wildman–Crippen LogP) is 4.30. The molecule has 0 N–H and O–H groups in total. The lowest BCUT2D eigenvalue weighted by atomic mass is 10.2. The molecule has 0 radical (unpaired) electrons. The van der Waals surface area contributed by atoms with Crippen LogP contribution in [0.5, 0.6) is 0 Å². The van der Waals surface area contributed by atoms with E-state index in [4.69, 9.17) is 17.7 Å². The molecule has 0 atom stereocenters. The molecule has 22 heavy (non-hydrogen) atoms. The summed E-state index contributed by atoms with van der Waals surface area (Å²) >= 11 is 0. The topological polar surface area (TPSA) is 36.9 Å². The average Bonchev–Trinajstić information content (AvgIpc) is 2.05. The molecule has 0 saturated heterocycles. The van der Waals surface area contributed by atoms with Gasteiger partial charge < -0.3 is 17.7 Å². The molecule has 0 aliphatic heterocycles. The summed E-state index contributed by atoms with van der Waals surface area (Å²) in [6.07, 6.45) is 0.295. The quantitative estimate of drug-likeness (QED) is 0.612. The highest BCUT2D eigenvalue weighted by molar-refractivity contribution is 6.77. The van der Waals surface area contributed by atoms with E-state index >= 15 is 0 Å². The molecule has 0 aromatic heterocycles. The molecule has 0 aliphatic carbocycles. The summed E-state index contributed by atoms with van der Waals surface area (Å²) in [5.74, 6) is 0. The summed E-state index contributed by atoms with van der Waals surface area (Å²) in [7, 11) is -4.24. The van der Waals surface area contributed by atoms with E-state index in [0.29, 0.717) is 0 Å². The molecule has 0 aromatic rings. The van der Waals surface area contributed by atoms with Crippen molar-refractivity contribution in [2.45, 2.75) is 105 Å². The van der Waals surface area contributed by atoms with E-state index in [1.54, 1.807) is 0 Å². The number of hydrogen-bond donors (Lipinski definition) is 0. The standard InChI is InChI=1S/C16H38O4Si2/c1-13(2)17-22(11,18-14(3)4)12-21(19-15(5,6)7)20-16(8,9)10/h13-14,21H,12H2,1-11H3. The van der Waals surface area contributed by atoms with Crippen LogP contribution in [0.2, 0.25) is 12.2 Å². The zero-order chi connectivity index (χ0) is 17.8. The second-order valence-corrected chi connectivity index (χ2v) is 14.3. The van der Waals surface area contributed by atoms with Gasteiger partial charge in [-0.15, -0.1) is 0 Å².